The molecule has 0 aliphatic carbocycles. The summed E-state index contributed by atoms with van der Waals surface area (Å²) >= 11 is 6.05. The first-order valence-electron chi connectivity index (χ1n) is 4.57. The van der Waals surface area contributed by atoms with Crippen LogP contribution < -0.4 is 0 Å². The highest BCUT2D eigenvalue weighted by atomic mass is 35.5. The molecule has 1 aromatic carbocycles. The lowest BCUT2D eigenvalue weighted by Gasteiger charge is -1.96. The molecule has 2 rings (SSSR count). The van der Waals surface area contributed by atoms with Crippen LogP contribution in [-0.2, 0) is 0 Å². The number of rotatable bonds is 1. The first kappa shape index (κ1) is 10.4. The van der Waals surface area contributed by atoms with E-state index < -0.39 is 0 Å². The third kappa shape index (κ3) is 2.12. The molecule has 16 heavy (non-hydrogen) atoms. The van der Waals surface area contributed by atoms with Crippen LogP contribution >= 0.6 is 11.6 Å². The molecule has 2 aromatic rings. The minimum Gasteiger partial charge on any atom is -0.361 e. The molecule has 0 aliphatic rings. The SMILES string of the molecule is [N-]=[N+]=NCC#Cc1cc2cc[nH]c2cc1Cl. The summed E-state index contributed by atoms with van der Waals surface area (Å²) in [6.07, 6.45) is 1.85. The molecule has 0 spiro atoms. The van der Waals surface area contributed by atoms with Gasteiger partial charge in [0.1, 0.15) is 0 Å². The van der Waals surface area contributed by atoms with Crippen LogP contribution in [-0.4, -0.2) is 11.5 Å². The van der Waals surface area contributed by atoms with Crippen molar-refractivity contribution in [3.8, 4) is 11.8 Å². The molecule has 0 fully saturated rings. The minimum absolute atomic E-state index is 0.151. The molecule has 1 heterocycles. The van der Waals surface area contributed by atoms with Gasteiger partial charge < -0.3 is 4.98 Å². The molecule has 5 heteroatoms. The highest BCUT2D eigenvalue weighted by Crippen LogP contribution is 2.22. The van der Waals surface area contributed by atoms with Gasteiger partial charge in [-0.05, 0) is 23.7 Å². The monoisotopic (exact) mass is 230 g/mol. The van der Waals surface area contributed by atoms with E-state index in [2.05, 4.69) is 26.9 Å². The van der Waals surface area contributed by atoms with Crippen LogP contribution in [0, 0.1) is 11.8 Å². The Morgan fingerprint density at radius 2 is 2.38 bits per heavy atom. The van der Waals surface area contributed by atoms with E-state index in [-0.39, 0.29) is 6.54 Å². The van der Waals surface area contributed by atoms with Crippen LogP contribution in [0.4, 0.5) is 0 Å². The lowest BCUT2D eigenvalue weighted by molar-refractivity contribution is 1.25. The molecule has 0 atom stereocenters. The molecule has 0 amide bonds. The number of H-pyrrole nitrogens is 1. The smallest absolute Gasteiger partial charge is 0.0880 e. The maximum absolute atomic E-state index is 8.09. The number of fused-ring (bicyclic) bond motifs is 1. The number of nitrogens with zero attached hydrogens (tertiary/aromatic N) is 3. The zero-order valence-corrected chi connectivity index (χ0v) is 8.99. The molecule has 0 unspecified atom stereocenters. The maximum Gasteiger partial charge on any atom is 0.0880 e. The van der Waals surface area contributed by atoms with Crippen molar-refractivity contribution < 1.29 is 0 Å². The number of aromatic amines is 1. The normalized spacial score (nSPS) is 9.31. The molecular formula is C11H7ClN4. The average molecular weight is 231 g/mol. The first-order valence-corrected chi connectivity index (χ1v) is 4.95. The Balaban J connectivity index is 2.38. The topological polar surface area (TPSA) is 64.6 Å². The van der Waals surface area contributed by atoms with Crippen LogP contribution in [0.25, 0.3) is 21.3 Å². The summed E-state index contributed by atoms with van der Waals surface area (Å²) in [4.78, 5) is 5.68. The fraction of sp³-hybridized carbons (Fsp3) is 0.0909. The summed E-state index contributed by atoms with van der Waals surface area (Å²) in [6.45, 7) is 0.151. The fourth-order valence-electron chi connectivity index (χ4n) is 1.37. The van der Waals surface area contributed by atoms with Crippen LogP contribution in [0.3, 0.4) is 0 Å². The summed E-state index contributed by atoms with van der Waals surface area (Å²) < 4.78 is 0. The number of hydrogen-bond donors (Lipinski definition) is 1. The highest BCUT2D eigenvalue weighted by molar-refractivity contribution is 6.32. The second-order valence-corrected chi connectivity index (χ2v) is 3.49. The van der Waals surface area contributed by atoms with Gasteiger partial charge >= 0.3 is 0 Å². The van der Waals surface area contributed by atoms with Crippen molar-refractivity contribution in [2.24, 2.45) is 5.11 Å². The van der Waals surface area contributed by atoms with E-state index in [4.69, 9.17) is 17.1 Å². The van der Waals surface area contributed by atoms with Crippen LogP contribution in [0.5, 0.6) is 0 Å². The molecule has 1 aromatic heterocycles. The molecule has 0 saturated heterocycles. The number of aromatic nitrogens is 1. The number of benzene rings is 1. The third-order valence-electron chi connectivity index (χ3n) is 2.08. The number of nitrogens with one attached hydrogen (secondary N) is 1. The van der Waals surface area contributed by atoms with Crippen LogP contribution in [0.2, 0.25) is 5.02 Å². The zero-order chi connectivity index (χ0) is 11.4. The Bertz CT molecular complexity index is 626. The molecule has 1 N–H and O–H groups in total. The van der Waals surface area contributed by atoms with Gasteiger partial charge in [-0.2, -0.15) is 0 Å². The van der Waals surface area contributed by atoms with Crippen LogP contribution in [0.1, 0.15) is 5.56 Å². The zero-order valence-electron chi connectivity index (χ0n) is 8.24. The van der Waals surface area contributed by atoms with Crippen molar-refractivity contribution >= 4 is 22.5 Å². The van der Waals surface area contributed by atoms with E-state index in [1.54, 1.807) is 0 Å². The maximum atomic E-state index is 8.09. The summed E-state index contributed by atoms with van der Waals surface area (Å²) in [5.74, 6) is 5.60. The van der Waals surface area contributed by atoms with E-state index >= 15 is 0 Å². The highest BCUT2D eigenvalue weighted by Gasteiger charge is 2.00. The summed E-state index contributed by atoms with van der Waals surface area (Å²) in [5.41, 5.74) is 9.81. The molecule has 0 radical (unpaired) electrons. The van der Waals surface area contributed by atoms with Crippen molar-refractivity contribution in [1.29, 1.82) is 0 Å². The fourth-order valence-corrected chi connectivity index (χ4v) is 1.58. The quantitative estimate of drug-likeness (QED) is 0.337. The van der Waals surface area contributed by atoms with Crippen molar-refractivity contribution in [1.82, 2.24) is 4.98 Å². The van der Waals surface area contributed by atoms with Gasteiger partial charge in [-0.1, -0.05) is 28.6 Å². The molecule has 0 bridgehead atoms. The Morgan fingerprint density at radius 1 is 1.50 bits per heavy atom. The Hall–Kier alpha value is -2.08. The van der Waals surface area contributed by atoms with Gasteiger partial charge in [-0.25, -0.2) is 0 Å². The average Bonchev–Trinajstić information content (AvgIpc) is 2.71. The Kier molecular flexibility index (Phi) is 3.02. The molecule has 0 saturated carbocycles. The van der Waals surface area contributed by atoms with Gasteiger partial charge in [0.25, 0.3) is 0 Å². The summed E-state index contributed by atoms with van der Waals surface area (Å²) in [6, 6.07) is 5.68. The van der Waals surface area contributed by atoms with E-state index in [0.29, 0.717) is 5.02 Å². The largest absolute Gasteiger partial charge is 0.361 e. The molecule has 0 aliphatic heterocycles. The van der Waals surface area contributed by atoms with E-state index in [0.717, 1.165) is 16.5 Å². The van der Waals surface area contributed by atoms with Gasteiger partial charge in [0.2, 0.25) is 0 Å². The summed E-state index contributed by atoms with van der Waals surface area (Å²) in [5, 5.41) is 4.97. The first-order chi connectivity index (χ1) is 7.81. The third-order valence-corrected chi connectivity index (χ3v) is 2.39. The van der Waals surface area contributed by atoms with Crippen LogP contribution in [0.15, 0.2) is 29.5 Å². The lowest BCUT2D eigenvalue weighted by atomic mass is 10.1. The van der Waals surface area contributed by atoms with Gasteiger partial charge in [0.15, 0.2) is 0 Å². The van der Waals surface area contributed by atoms with E-state index in [9.17, 15) is 0 Å². The minimum atomic E-state index is 0.151. The Morgan fingerprint density at radius 3 is 3.19 bits per heavy atom. The van der Waals surface area contributed by atoms with E-state index in [1.165, 1.54) is 0 Å². The number of azide groups is 1. The molecule has 78 valence electrons. The van der Waals surface area contributed by atoms with Gasteiger partial charge in [0, 0.05) is 27.6 Å². The molecule has 4 nitrogen and oxygen atoms in total. The second kappa shape index (κ2) is 4.63. The Labute approximate surface area is 96.9 Å². The standard InChI is InChI=1S/C11H7ClN4/c12-10-7-11-9(3-5-14-11)6-8(10)2-1-4-15-16-13/h3,5-7,14H,4H2. The number of halogens is 1. The van der Waals surface area contributed by atoms with E-state index in [1.807, 2.05) is 24.4 Å². The lowest BCUT2D eigenvalue weighted by Crippen LogP contribution is -1.79. The second-order valence-electron chi connectivity index (χ2n) is 3.09. The van der Waals surface area contributed by atoms with Crippen molar-refractivity contribution in [2.45, 2.75) is 0 Å². The predicted octanol–water partition coefficient (Wildman–Crippen LogP) is 3.48. The van der Waals surface area contributed by atoms with Gasteiger partial charge in [-0.15, -0.1) is 0 Å². The predicted molar refractivity (Wildman–Crippen MR) is 64.2 cm³/mol. The van der Waals surface area contributed by atoms with Crippen molar-refractivity contribution in [2.75, 3.05) is 6.54 Å². The van der Waals surface area contributed by atoms with Gasteiger partial charge in [0.05, 0.1) is 11.6 Å². The number of hydrogen-bond acceptors (Lipinski definition) is 1. The van der Waals surface area contributed by atoms with Crippen molar-refractivity contribution in [3.63, 3.8) is 0 Å². The van der Waals surface area contributed by atoms with Crippen molar-refractivity contribution in [3.05, 3.63) is 45.4 Å². The molecular weight excluding hydrogens is 224 g/mol. The summed E-state index contributed by atoms with van der Waals surface area (Å²) in [7, 11) is 0. The van der Waals surface area contributed by atoms with Gasteiger partial charge in [-0.3, -0.25) is 0 Å².